The van der Waals surface area contributed by atoms with Crippen molar-refractivity contribution in [3.63, 3.8) is 0 Å². The van der Waals surface area contributed by atoms with Crippen molar-refractivity contribution in [3.05, 3.63) is 51.7 Å². The van der Waals surface area contributed by atoms with Crippen LogP contribution < -0.4 is 10.1 Å². The number of ketones is 1. The molecular formula is C18H21NO3S. The van der Waals surface area contributed by atoms with Crippen LogP contribution in [0.25, 0.3) is 0 Å². The number of nitrogens with one attached hydrogen (secondary N) is 1. The second kappa shape index (κ2) is 8.48. The quantitative estimate of drug-likeness (QED) is 0.595. The minimum absolute atomic E-state index is 0.0301. The lowest BCUT2D eigenvalue weighted by Gasteiger charge is -2.07. The van der Waals surface area contributed by atoms with Gasteiger partial charge < -0.3 is 10.1 Å². The minimum atomic E-state index is -0.125. The number of carbonyl (C=O) groups is 2. The lowest BCUT2D eigenvalue weighted by atomic mass is 10.1. The van der Waals surface area contributed by atoms with Crippen molar-refractivity contribution in [2.45, 2.75) is 26.7 Å². The molecule has 1 heterocycles. The van der Waals surface area contributed by atoms with Crippen molar-refractivity contribution >= 4 is 23.0 Å². The zero-order valence-electron chi connectivity index (χ0n) is 13.4. The maximum absolute atomic E-state index is 12.1. The Labute approximate surface area is 140 Å². The number of benzene rings is 1. The van der Waals surface area contributed by atoms with Gasteiger partial charge in [-0.25, -0.2) is 0 Å². The fourth-order valence-corrected chi connectivity index (χ4v) is 3.18. The molecule has 0 fully saturated rings. The van der Waals surface area contributed by atoms with E-state index < -0.39 is 0 Å². The fraction of sp³-hybridized carbons (Fsp3) is 0.333. The molecule has 2 aromatic rings. The van der Waals surface area contributed by atoms with Crippen LogP contribution in [0.1, 0.15) is 33.0 Å². The number of amides is 1. The molecule has 1 aromatic carbocycles. The first kappa shape index (κ1) is 17.2. The number of ether oxygens (including phenoxy) is 1. The summed E-state index contributed by atoms with van der Waals surface area (Å²) in [5.41, 5.74) is 0.743. The Morgan fingerprint density at radius 1 is 1.13 bits per heavy atom. The van der Waals surface area contributed by atoms with Gasteiger partial charge in [0.25, 0.3) is 0 Å². The Kier molecular flexibility index (Phi) is 6.35. The molecule has 122 valence electrons. The number of hydrogen-bond acceptors (Lipinski definition) is 4. The smallest absolute Gasteiger partial charge is 0.220 e. The molecule has 0 saturated carbocycles. The van der Waals surface area contributed by atoms with E-state index in [1.165, 1.54) is 0 Å². The zero-order valence-corrected chi connectivity index (χ0v) is 14.2. The van der Waals surface area contributed by atoms with Gasteiger partial charge in [0, 0.05) is 28.2 Å². The summed E-state index contributed by atoms with van der Waals surface area (Å²) in [6, 6.07) is 11.3. The Morgan fingerprint density at radius 2 is 1.87 bits per heavy atom. The number of hydrogen-bond donors (Lipinski definition) is 1. The van der Waals surface area contributed by atoms with Gasteiger partial charge in [0.2, 0.25) is 5.91 Å². The number of Topliss-reactive ketones (excluding diaryl/α,β-unsaturated/α-hetero) is 1. The highest BCUT2D eigenvalue weighted by molar-refractivity contribution is 7.12. The molecule has 23 heavy (non-hydrogen) atoms. The first-order valence-electron chi connectivity index (χ1n) is 7.61. The molecular weight excluding hydrogens is 310 g/mol. The molecule has 1 aromatic heterocycles. The van der Waals surface area contributed by atoms with Crippen LogP contribution in [0.5, 0.6) is 5.75 Å². The summed E-state index contributed by atoms with van der Waals surface area (Å²) in [5, 5.41) is 2.77. The molecule has 0 radical (unpaired) electrons. The van der Waals surface area contributed by atoms with E-state index in [1.54, 1.807) is 11.3 Å². The predicted octanol–water partition coefficient (Wildman–Crippen LogP) is 3.52. The van der Waals surface area contributed by atoms with Crippen LogP contribution in [0, 0.1) is 13.8 Å². The summed E-state index contributed by atoms with van der Waals surface area (Å²) in [6.07, 6.45) is 0.445. The molecule has 1 N–H and O–H groups in total. The molecule has 0 unspecified atom stereocenters. The van der Waals surface area contributed by atoms with Crippen molar-refractivity contribution in [1.29, 1.82) is 0 Å². The summed E-state index contributed by atoms with van der Waals surface area (Å²) in [5.74, 6) is 0.683. The Bertz CT molecular complexity index is 664. The number of thiophene rings is 1. The summed E-state index contributed by atoms with van der Waals surface area (Å²) in [6.45, 7) is 4.75. The maximum atomic E-state index is 12.1. The van der Waals surface area contributed by atoms with Gasteiger partial charge in [0.05, 0.1) is 6.54 Å². The normalized spacial score (nSPS) is 10.3. The third-order valence-electron chi connectivity index (χ3n) is 3.36. The Balaban J connectivity index is 1.65. The van der Waals surface area contributed by atoms with Crippen LogP contribution in [0.3, 0.4) is 0 Å². The second-order valence-corrected chi connectivity index (χ2v) is 6.72. The SMILES string of the molecule is Cc1cc(C(=O)CCC(=O)NCCOc2ccccc2)c(C)s1. The molecule has 2 rings (SSSR count). The van der Waals surface area contributed by atoms with Gasteiger partial charge in [-0.1, -0.05) is 18.2 Å². The van der Waals surface area contributed by atoms with Gasteiger partial charge in [0.1, 0.15) is 12.4 Å². The molecule has 0 saturated heterocycles. The standard InChI is InChI=1S/C18H21NO3S/c1-13-12-16(14(2)23-13)17(20)8-9-18(21)19-10-11-22-15-6-4-3-5-7-15/h3-7,12H,8-11H2,1-2H3,(H,19,21). The van der Waals surface area contributed by atoms with E-state index >= 15 is 0 Å². The van der Waals surface area contributed by atoms with E-state index in [9.17, 15) is 9.59 Å². The van der Waals surface area contributed by atoms with Crippen molar-refractivity contribution < 1.29 is 14.3 Å². The molecule has 0 atom stereocenters. The molecule has 4 nitrogen and oxygen atoms in total. The topological polar surface area (TPSA) is 55.4 Å². The lowest BCUT2D eigenvalue weighted by molar-refractivity contribution is -0.121. The molecule has 0 aliphatic rings. The monoisotopic (exact) mass is 331 g/mol. The number of carbonyl (C=O) groups excluding carboxylic acids is 2. The van der Waals surface area contributed by atoms with Crippen molar-refractivity contribution in [1.82, 2.24) is 5.32 Å². The first-order chi connectivity index (χ1) is 11.1. The van der Waals surface area contributed by atoms with Gasteiger partial charge in [-0.3, -0.25) is 9.59 Å². The number of para-hydroxylation sites is 1. The Hall–Kier alpha value is -2.14. The van der Waals surface area contributed by atoms with Gasteiger partial charge in [0.15, 0.2) is 5.78 Å². The zero-order chi connectivity index (χ0) is 16.7. The van der Waals surface area contributed by atoms with Gasteiger partial charge in [-0.15, -0.1) is 11.3 Å². The van der Waals surface area contributed by atoms with Gasteiger partial charge in [-0.05, 0) is 32.0 Å². The fourth-order valence-electron chi connectivity index (χ4n) is 2.23. The second-order valence-electron chi connectivity index (χ2n) is 5.26. The highest BCUT2D eigenvalue weighted by atomic mass is 32.1. The molecule has 5 heteroatoms. The molecule has 0 spiro atoms. The van der Waals surface area contributed by atoms with Gasteiger partial charge >= 0.3 is 0 Å². The van der Waals surface area contributed by atoms with Crippen LogP contribution in [-0.4, -0.2) is 24.8 Å². The average molecular weight is 331 g/mol. The largest absolute Gasteiger partial charge is 0.492 e. The van der Waals surface area contributed by atoms with Crippen LogP contribution in [0.2, 0.25) is 0 Å². The van der Waals surface area contributed by atoms with Crippen molar-refractivity contribution in [2.75, 3.05) is 13.2 Å². The van der Waals surface area contributed by atoms with E-state index in [1.807, 2.05) is 50.2 Å². The third-order valence-corrected chi connectivity index (χ3v) is 4.32. The minimum Gasteiger partial charge on any atom is -0.492 e. The number of aryl methyl sites for hydroxylation is 2. The van der Waals surface area contributed by atoms with Crippen LogP contribution in [0.4, 0.5) is 0 Å². The summed E-state index contributed by atoms with van der Waals surface area (Å²) in [4.78, 5) is 26.0. The van der Waals surface area contributed by atoms with E-state index in [-0.39, 0.29) is 24.5 Å². The lowest BCUT2D eigenvalue weighted by Crippen LogP contribution is -2.28. The van der Waals surface area contributed by atoms with Gasteiger partial charge in [-0.2, -0.15) is 0 Å². The summed E-state index contributed by atoms with van der Waals surface area (Å²) >= 11 is 1.61. The van der Waals surface area contributed by atoms with Crippen molar-refractivity contribution in [2.24, 2.45) is 0 Å². The maximum Gasteiger partial charge on any atom is 0.220 e. The van der Waals surface area contributed by atoms with E-state index in [0.29, 0.717) is 13.2 Å². The van der Waals surface area contributed by atoms with Crippen molar-refractivity contribution in [3.8, 4) is 5.75 Å². The van der Waals surface area contributed by atoms with E-state index in [4.69, 9.17) is 4.74 Å². The highest BCUT2D eigenvalue weighted by Crippen LogP contribution is 2.22. The average Bonchev–Trinajstić information content (AvgIpc) is 2.89. The third kappa shape index (κ3) is 5.53. The van der Waals surface area contributed by atoms with Crippen LogP contribution in [0.15, 0.2) is 36.4 Å². The first-order valence-corrected chi connectivity index (χ1v) is 8.42. The Morgan fingerprint density at radius 3 is 2.52 bits per heavy atom. The van der Waals surface area contributed by atoms with E-state index in [0.717, 1.165) is 21.1 Å². The molecule has 1 amide bonds. The highest BCUT2D eigenvalue weighted by Gasteiger charge is 2.13. The molecule has 0 aliphatic heterocycles. The molecule has 0 bridgehead atoms. The predicted molar refractivity (Wildman–Crippen MR) is 92.3 cm³/mol. The van der Waals surface area contributed by atoms with Crippen LogP contribution in [-0.2, 0) is 4.79 Å². The summed E-state index contributed by atoms with van der Waals surface area (Å²) in [7, 11) is 0. The van der Waals surface area contributed by atoms with Crippen LogP contribution >= 0.6 is 11.3 Å². The molecule has 0 aliphatic carbocycles. The number of rotatable bonds is 8. The summed E-state index contributed by atoms with van der Waals surface area (Å²) < 4.78 is 5.49. The van der Waals surface area contributed by atoms with E-state index in [2.05, 4.69) is 5.32 Å².